The molecule has 3 heteroatoms. The van der Waals surface area contributed by atoms with E-state index in [0.29, 0.717) is 12.0 Å². The molecular formula is C15H24N2O. The molecule has 1 aliphatic carbocycles. The highest BCUT2D eigenvalue weighted by Gasteiger charge is 2.23. The lowest BCUT2D eigenvalue weighted by atomic mass is 10.1. The van der Waals surface area contributed by atoms with Crippen LogP contribution in [0.3, 0.4) is 0 Å². The van der Waals surface area contributed by atoms with Crippen LogP contribution in [0.2, 0.25) is 0 Å². The first-order valence-corrected chi connectivity index (χ1v) is 7.03. The van der Waals surface area contributed by atoms with Gasteiger partial charge in [-0.1, -0.05) is 26.7 Å². The van der Waals surface area contributed by atoms with E-state index in [1.54, 1.807) is 0 Å². The molecule has 0 unspecified atom stereocenters. The second kappa shape index (κ2) is 6.19. The Bertz CT molecular complexity index is 373. The Kier molecular flexibility index (Phi) is 4.59. The highest BCUT2D eigenvalue weighted by Crippen LogP contribution is 2.29. The first kappa shape index (κ1) is 13.3. The molecule has 0 saturated heterocycles. The predicted octanol–water partition coefficient (Wildman–Crippen LogP) is 2.98. The quantitative estimate of drug-likeness (QED) is 0.870. The number of aliphatic hydroxyl groups excluding tert-OH is 1. The molecular weight excluding hydrogens is 224 g/mol. The summed E-state index contributed by atoms with van der Waals surface area (Å²) in [5.41, 5.74) is 1.98. The number of anilines is 1. The minimum Gasteiger partial charge on any atom is -0.390 e. The number of rotatable bonds is 5. The van der Waals surface area contributed by atoms with Gasteiger partial charge in [-0.3, -0.25) is 4.98 Å². The van der Waals surface area contributed by atoms with Gasteiger partial charge in [0.1, 0.15) is 0 Å². The predicted molar refractivity (Wildman–Crippen MR) is 74.6 cm³/mol. The number of aliphatic hydroxyl groups is 1. The van der Waals surface area contributed by atoms with Gasteiger partial charge in [0, 0.05) is 24.5 Å². The molecule has 0 atom stereocenters. The summed E-state index contributed by atoms with van der Waals surface area (Å²) in [5, 5.41) is 9.21. The molecule has 1 heterocycles. The van der Waals surface area contributed by atoms with E-state index in [1.165, 1.54) is 31.4 Å². The third-order valence-corrected chi connectivity index (χ3v) is 3.62. The number of pyridine rings is 1. The second-order valence-corrected chi connectivity index (χ2v) is 5.65. The van der Waals surface area contributed by atoms with E-state index in [4.69, 9.17) is 0 Å². The van der Waals surface area contributed by atoms with E-state index in [-0.39, 0.29) is 6.61 Å². The third-order valence-electron chi connectivity index (χ3n) is 3.62. The second-order valence-electron chi connectivity index (χ2n) is 5.65. The molecule has 0 bridgehead atoms. The van der Waals surface area contributed by atoms with Crippen molar-refractivity contribution >= 4 is 5.69 Å². The van der Waals surface area contributed by atoms with Gasteiger partial charge in [-0.15, -0.1) is 0 Å². The summed E-state index contributed by atoms with van der Waals surface area (Å²) in [6.07, 6.45) is 7.09. The molecule has 1 fully saturated rings. The van der Waals surface area contributed by atoms with Crippen molar-refractivity contribution < 1.29 is 5.11 Å². The van der Waals surface area contributed by atoms with Gasteiger partial charge < -0.3 is 10.0 Å². The van der Waals surface area contributed by atoms with Crippen LogP contribution in [0.4, 0.5) is 5.69 Å². The maximum absolute atomic E-state index is 9.21. The maximum Gasteiger partial charge on any atom is 0.0853 e. The van der Waals surface area contributed by atoms with Crippen LogP contribution in [0.15, 0.2) is 18.3 Å². The van der Waals surface area contributed by atoms with Gasteiger partial charge in [-0.2, -0.15) is 0 Å². The van der Waals surface area contributed by atoms with Gasteiger partial charge >= 0.3 is 0 Å². The fourth-order valence-electron chi connectivity index (χ4n) is 2.81. The summed E-state index contributed by atoms with van der Waals surface area (Å²) < 4.78 is 0. The van der Waals surface area contributed by atoms with Gasteiger partial charge in [0.2, 0.25) is 0 Å². The first-order chi connectivity index (χ1) is 8.70. The van der Waals surface area contributed by atoms with Crippen molar-refractivity contribution in [1.29, 1.82) is 0 Å². The van der Waals surface area contributed by atoms with Crippen LogP contribution in [-0.2, 0) is 6.61 Å². The number of aromatic nitrogens is 1. The summed E-state index contributed by atoms with van der Waals surface area (Å²) in [5.74, 6) is 0.649. The van der Waals surface area contributed by atoms with Crippen LogP contribution in [0, 0.1) is 5.92 Å². The van der Waals surface area contributed by atoms with Crippen LogP contribution < -0.4 is 4.90 Å². The van der Waals surface area contributed by atoms with Crippen LogP contribution in [0.5, 0.6) is 0 Å². The van der Waals surface area contributed by atoms with E-state index in [1.807, 2.05) is 12.3 Å². The Morgan fingerprint density at radius 1 is 1.39 bits per heavy atom. The summed E-state index contributed by atoms with van der Waals surface area (Å²) >= 11 is 0. The number of hydrogen-bond donors (Lipinski definition) is 1. The first-order valence-electron chi connectivity index (χ1n) is 7.03. The summed E-state index contributed by atoms with van der Waals surface area (Å²) in [7, 11) is 0. The smallest absolute Gasteiger partial charge is 0.0853 e. The molecule has 1 N–H and O–H groups in total. The lowest BCUT2D eigenvalue weighted by Crippen LogP contribution is -2.36. The standard InChI is InChI=1S/C15H24N2O/c1-12(2)10-17(14-5-3-4-6-14)15-7-8-16-13(9-15)11-18/h7-9,12,14,18H,3-6,10-11H2,1-2H3. The highest BCUT2D eigenvalue weighted by atomic mass is 16.3. The van der Waals surface area contributed by atoms with Crippen molar-refractivity contribution in [3.05, 3.63) is 24.0 Å². The Morgan fingerprint density at radius 3 is 2.72 bits per heavy atom. The molecule has 1 saturated carbocycles. The molecule has 18 heavy (non-hydrogen) atoms. The van der Waals surface area contributed by atoms with E-state index < -0.39 is 0 Å². The number of nitrogens with zero attached hydrogens (tertiary/aromatic N) is 2. The molecule has 0 radical (unpaired) electrons. The molecule has 0 spiro atoms. The van der Waals surface area contributed by atoms with Gasteiger partial charge in [0.15, 0.2) is 0 Å². The Morgan fingerprint density at radius 2 is 2.11 bits per heavy atom. The average Bonchev–Trinajstić information content (AvgIpc) is 2.89. The lowest BCUT2D eigenvalue weighted by molar-refractivity contribution is 0.277. The van der Waals surface area contributed by atoms with E-state index in [2.05, 4.69) is 29.8 Å². The molecule has 100 valence electrons. The van der Waals surface area contributed by atoms with Crippen LogP contribution in [0.25, 0.3) is 0 Å². The van der Waals surface area contributed by atoms with Gasteiger partial charge in [-0.25, -0.2) is 0 Å². The Balaban J connectivity index is 2.20. The zero-order chi connectivity index (χ0) is 13.0. The minimum atomic E-state index is 0.0219. The van der Waals surface area contributed by atoms with E-state index in [9.17, 15) is 5.11 Å². The summed E-state index contributed by atoms with van der Waals surface area (Å²) in [6.45, 7) is 5.62. The molecule has 1 aromatic rings. The Labute approximate surface area is 110 Å². The average molecular weight is 248 g/mol. The molecule has 0 aromatic carbocycles. The normalized spacial score (nSPS) is 16.4. The largest absolute Gasteiger partial charge is 0.390 e. The van der Waals surface area contributed by atoms with Crippen LogP contribution in [0.1, 0.15) is 45.2 Å². The van der Waals surface area contributed by atoms with Crippen molar-refractivity contribution in [2.24, 2.45) is 5.92 Å². The van der Waals surface area contributed by atoms with Gasteiger partial charge in [0.05, 0.1) is 12.3 Å². The summed E-state index contributed by atoms with van der Waals surface area (Å²) in [6, 6.07) is 4.77. The van der Waals surface area contributed by atoms with Crippen LogP contribution in [-0.4, -0.2) is 22.7 Å². The molecule has 0 amide bonds. The maximum atomic E-state index is 9.21. The molecule has 1 aliphatic rings. The highest BCUT2D eigenvalue weighted by molar-refractivity contribution is 5.47. The van der Waals surface area contributed by atoms with Crippen molar-refractivity contribution in [2.45, 2.75) is 52.2 Å². The zero-order valence-electron chi connectivity index (χ0n) is 11.5. The van der Waals surface area contributed by atoms with Crippen molar-refractivity contribution in [3.8, 4) is 0 Å². The summed E-state index contributed by atoms with van der Waals surface area (Å²) in [4.78, 5) is 6.68. The SMILES string of the molecule is CC(C)CN(c1ccnc(CO)c1)C1CCCC1. The minimum absolute atomic E-state index is 0.0219. The van der Waals surface area contributed by atoms with Crippen molar-refractivity contribution in [2.75, 3.05) is 11.4 Å². The molecule has 3 nitrogen and oxygen atoms in total. The van der Waals surface area contributed by atoms with E-state index >= 15 is 0 Å². The number of hydrogen-bond acceptors (Lipinski definition) is 3. The zero-order valence-corrected chi connectivity index (χ0v) is 11.5. The monoisotopic (exact) mass is 248 g/mol. The molecule has 0 aliphatic heterocycles. The third kappa shape index (κ3) is 3.22. The van der Waals surface area contributed by atoms with E-state index in [0.717, 1.165) is 12.2 Å². The van der Waals surface area contributed by atoms with Gasteiger partial charge in [-0.05, 0) is 30.9 Å². The Hall–Kier alpha value is -1.09. The lowest BCUT2D eigenvalue weighted by Gasteiger charge is -2.33. The van der Waals surface area contributed by atoms with Crippen molar-refractivity contribution in [3.63, 3.8) is 0 Å². The fourth-order valence-corrected chi connectivity index (χ4v) is 2.81. The molecule has 1 aromatic heterocycles. The topological polar surface area (TPSA) is 36.4 Å². The fraction of sp³-hybridized carbons (Fsp3) is 0.667. The van der Waals surface area contributed by atoms with Crippen LogP contribution >= 0.6 is 0 Å². The van der Waals surface area contributed by atoms with Crippen molar-refractivity contribution in [1.82, 2.24) is 4.98 Å². The van der Waals surface area contributed by atoms with Gasteiger partial charge in [0.25, 0.3) is 0 Å². The molecule has 2 rings (SSSR count).